The van der Waals surface area contributed by atoms with Crippen molar-refractivity contribution in [1.29, 1.82) is 0 Å². The number of nitrogens with one attached hydrogen (secondary N) is 2. The van der Waals surface area contributed by atoms with E-state index in [1.54, 1.807) is 0 Å². The summed E-state index contributed by atoms with van der Waals surface area (Å²) >= 11 is 0. The summed E-state index contributed by atoms with van der Waals surface area (Å²) in [7, 11) is 0. The van der Waals surface area contributed by atoms with Gasteiger partial charge in [-0.3, -0.25) is 4.79 Å². The molecule has 0 fully saturated rings. The zero-order valence-electron chi connectivity index (χ0n) is 11.7. The van der Waals surface area contributed by atoms with Gasteiger partial charge in [0, 0.05) is 13.0 Å². The number of carbonyl (C=O) groups is 2. The van der Waals surface area contributed by atoms with Crippen LogP contribution in [0.25, 0.3) is 0 Å². The molecule has 2 amide bonds. The van der Waals surface area contributed by atoms with Crippen molar-refractivity contribution in [3.05, 3.63) is 29.8 Å². The summed E-state index contributed by atoms with van der Waals surface area (Å²) in [4.78, 5) is 21.8. The molecule has 0 aromatic heterocycles. The van der Waals surface area contributed by atoms with Crippen molar-refractivity contribution in [2.24, 2.45) is 0 Å². The third-order valence-electron chi connectivity index (χ3n) is 2.83. The second kappa shape index (κ2) is 8.26. The topological polar surface area (TPSA) is 78.4 Å². The van der Waals surface area contributed by atoms with E-state index in [9.17, 15) is 22.8 Å². The Kier molecular flexibility index (Phi) is 6.68. The highest BCUT2D eigenvalue weighted by molar-refractivity contribution is 5.90. The Labute approximate surface area is 125 Å². The zero-order valence-corrected chi connectivity index (χ0v) is 11.7. The number of unbranched alkanes of at least 4 members (excludes halogenated alkanes) is 2. The van der Waals surface area contributed by atoms with Gasteiger partial charge < -0.3 is 15.7 Å². The molecule has 0 aliphatic heterocycles. The van der Waals surface area contributed by atoms with Crippen molar-refractivity contribution < 1.29 is 27.9 Å². The molecule has 3 N–H and O–H groups in total. The molecule has 1 aromatic carbocycles. The lowest BCUT2D eigenvalue weighted by molar-refractivity contribution is -0.138. The number of urea groups is 1. The monoisotopic (exact) mass is 318 g/mol. The minimum absolute atomic E-state index is 0.0607. The lowest BCUT2D eigenvalue weighted by Crippen LogP contribution is -2.30. The van der Waals surface area contributed by atoms with Gasteiger partial charge in [-0.2, -0.15) is 13.2 Å². The highest BCUT2D eigenvalue weighted by Crippen LogP contribution is 2.34. The molecule has 0 aliphatic carbocycles. The van der Waals surface area contributed by atoms with E-state index in [2.05, 4.69) is 10.6 Å². The first-order valence-electron chi connectivity index (χ1n) is 6.73. The molecular weight excluding hydrogens is 301 g/mol. The molecule has 1 aromatic rings. The average molecular weight is 318 g/mol. The fourth-order valence-corrected chi connectivity index (χ4v) is 1.79. The van der Waals surface area contributed by atoms with E-state index in [1.165, 1.54) is 18.2 Å². The van der Waals surface area contributed by atoms with Gasteiger partial charge in [0.25, 0.3) is 0 Å². The zero-order chi connectivity index (χ0) is 16.6. The van der Waals surface area contributed by atoms with Crippen LogP contribution in [0.15, 0.2) is 24.3 Å². The second-order valence-corrected chi connectivity index (χ2v) is 4.63. The molecule has 0 bridgehead atoms. The summed E-state index contributed by atoms with van der Waals surface area (Å²) in [5, 5.41) is 13.0. The molecule has 0 atom stereocenters. The number of amides is 2. The van der Waals surface area contributed by atoms with E-state index in [-0.39, 0.29) is 18.7 Å². The number of carboxylic acid groups (broad SMARTS) is 1. The third-order valence-corrected chi connectivity index (χ3v) is 2.83. The standard InChI is InChI=1S/C14H17F3N2O3/c15-14(16,17)10-6-3-4-7-11(10)19-13(22)18-9-5-1-2-8-12(20)21/h3-4,6-7H,1-2,5,8-9H2,(H,20,21)(H2,18,19,22). The maximum atomic E-state index is 12.7. The molecular formula is C14H17F3N2O3. The van der Waals surface area contributed by atoms with Crippen LogP contribution in [0, 0.1) is 0 Å². The summed E-state index contributed by atoms with van der Waals surface area (Å²) in [6.45, 7) is 0.264. The molecule has 0 saturated carbocycles. The molecule has 0 unspecified atom stereocenters. The van der Waals surface area contributed by atoms with Crippen molar-refractivity contribution in [3.63, 3.8) is 0 Å². The normalized spacial score (nSPS) is 11.0. The fourth-order valence-electron chi connectivity index (χ4n) is 1.79. The van der Waals surface area contributed by atoms with Crippen LogP contribution in [0.2, 0.25) is 0 Å². The minimum atomic E-state index is -4.54. The van der Waals surface area contributed by atoms with Crippen molar-refractivity contribution in [2.75, 3.05) is 11.9 Å². The van der Waals surface area contributed by atoms with Gasteiger partial charge in [-0.25, -0.2) is 4.79 Å². The number of alkyl halides is 3. The molecule has 22 heavy (non-hydrogen) atoms. The number of aliphatic carboxylic acids is 1. The van der Waals surface area contributed by atoms with E-state index in [1.807, 2.05) is 0 Å². The van der Waals surface area contributed by atoms with E-state index in [0.717, 1.165) is 6.07 Å². The van der Waals surface area contributed by atoms with Gasteiger partial charge in [-0.05, 0) is 25.0 Å². The number of anilines is 1. The predicted molar refractivity (Wildman–Crippen MR) is 74.6 cm³/mol. The molecule has 122 valence electrons. The van der Waals surface area contributed by atoms with Crippen molar-refractivity contribution in [2.45, 2.75) is 31.9 Å². The smallest absolute Gasteiger partial charge is 0.418 e. The lowest BCUT2D eigenvalue weighted by Gasteiger charge is -2.14. The first-order chi connectivity index (χ1) is 10.3. The lowest BCUT2D eigenvalue weighted by atomic mass is 10.1. The molecule has 1 rings (SSSR count). The van der Waals surface area contributed by atoms with Crippen molar-refractivity contribution >= 4 is 17.7 Å². The van der Waals surface area contributed by atoms with E-state index in [4.69, 9.17) is 5.11 Å². The summed E-state index contributed by atoms with van der Waals surface area (Å²) in [5.41, 5.74) is -1.22. The quantitative estimate of drug-likeness (QED) is 0.674. The molecule has 0 heterocycles. The molecule has 8 heteroatoms. The molecule has 5 nitrogen and oxygen atoms in total. The molecule has 0 saturated heterocycles. The first-order valence-corrected chi connectivity index (χ1v) is 6.73. The van der Waals surface area contributed by atoms with Gasteiger partial charge in [0.15, 0.2) is 0 Å². The van der Waals surface area contributed by atoms with Crippen molar-refractivity contribution in [1.82, 2.24) is 5.32 Å². The third kappa shape index (κ3) is 6.47. The number of benzene rings is 1. The van der Waals surface area contributed by atoms with Gasteiger partial charge in [0.05, 0.1) is 11.3 Å². The number of carboxylic acids is 1. The first kappa shape index (κ1) is 17.8. The Hall–Kier alpha value is -2.25. The van der Waals surface area contributed by atoms with Gasteiger partial charge >= 0.3 is 18.2 Å². The predicted octanol–water partition coefficient (Wildman–Crippen LogP) is 3.47. The number of para-hydroxylation sites is 1. The molecule has 0 spiro atoms. The second-order valence-electron chi connectivity index (χ2n) is 4.63. The van der Waals surface area contributed by atoms with E-state index in [0.29, 0.717) is 19.3 Å². The Morgan fingerprint density at radius 3 is 2.41 bits per heavy atom. The van der Waals surface area contributed by atoms with Gasteiger partial charge in [-0.1, -0.05) is 18.6 Å². The van der Waals surface area contributed by atoms with Crippen LogP contribution >= 0.6 is 0 Å². The number of halogens is 3. The summed E-state index contributed by atoms with van der Waals surface area (Å²) < 4.78 is 38.2. The van der Waals surface area contributed by atoms with Gasteiger partial charge in [0.2, 0.25) is 0 Å². The average Bonchev–Trinajstić information content (AvgIpc) is 2.41. The molecule has 0 radical (unpaired) electrons. The summed E-state index contributed by atoms with van der Waals surface area (Å²) in [6.07, 6.45) is -2.81. The van der Waals surface area contributed by atoms with Gasteiger partial charge in [0.1, 0.15) is 0 Å². The minimum Gasteiger partial charge on any atom is -0.481 e. The summed E-state index contributed by atoms with van der Waals surface area (Å²) in [5.74, 6) is -0.880. The Balaban J connectivity index is 2.38. The summed E-state index contributed by atoms with van der Waals surface area (Å²) in [6, 6.07) is 3.98. The number of hydrogen-bond donors (Lipinski definition) is 3. The largest absolute Gasteiger partial charge is 0.481 e. The van der Waals surface area contributed by atoms with E-state index >= 15 is 0 Å². The van der Waals surface area contributed by atoms with Crippen LogP contribution in [0.3, 0.4) is 0 Å². The van der Waals surface area contributed by atoms with E-state index < -0.39 is 23.7 Å². The SMILES string of the molecule is O=C(O)CCCCCNC(=O)Nc1ccccc1C(F)(F)F. The van der Waals surface area contributed by atoms with Crippen LogP contribution < -0.4 is 10.6 Å². The highest BCUT2D eigenvalue weighted by atomic mass is 19.4. The van der Waals surface area contributed by atoms with Crippen LogP contribution in [0.4, 0.5) is 23.7 Å². The Bertz CT molecular complexity index is 518. The Morgan fingerprint density at radius 2 is 1.77 bits per heavy atom. The number of carbonyl (C=O) groups excluding carboxylic acids is 1. The highest BCUT2D eigenvalue weighted by Gasteiger charge is 2.33. The maximum Gasteiger partial charge on any atom is 0.418 e. The van der Waals surface area contributed by atoms with Crippen LogP contribution in [-0.2, 0) is 11.0 Å². The van der Waals surface area contributed by atoms with Crippen LogP contribution in [0.1, 0.15) is 31.2 Å². The number of rotatable bonds is 7. The van der Waals surface area contributed by atoms with Crippen molar-refractivity contribution in [3.8, 4) is 0 Å². The van der Waals surface area contributed by atoms with Gasteiger partial charge in [-0.15, -0.1) is 0 Å². The maximum absolute atomic E-state index is 12.7. The number of hydrogen-bond acceptors (Lipinski definition) is 2. The fraction of sp³-hybridized carbons (Fsp3) is 0.429. The Morgan fingerprint density at radius 1 is 1.09 bits per heavy atom. The molecule has 0 aliphatic rings. The van der Waals surface area contributed by atoms with Crippen LogP contribution in [-0.4, -0.2) is 23.7 Å². The van der Waals surface area contributed by atoms with Crippen LogP contribution in [0.5, 0.6) is 0 Å².